The third kappa shape index (κ3) is 5.35. The lowest BCUT2D eigenvalue weighted by atomic mass is 9.83. The van der Waals surface area contributed by atoms with E-state index in [1.54, 1.807) is 0 Å². The summed E-state index contributed by atoms with van der Waals surface area (Å²) in [6, 6.07) is 10.6. The molecule has 1 aromatic rings. The molecule has 1 heteroatoms. The molecule has 1 nitrogen and oxygen atoms in total. The molecule has 0 saturated carbocycles. The smallest absolute Gasteiger partial charge is 0.00954 e. The summed E-state index contributed by atoms with van der Waals surface area (Å²) in [5, 5.41) is 3.93. The third-order valence-electron chi connectivity index (χ3n) is 5.93. The second kappa shape index (κ2) is 8.87. The lowest BCUT2D eigenvalue weighted by molar-refractivity contribution is 0.214. The summed E-state index contributed by atoms with van der Waals surface area (Å²) in [7, 11) is 0. The van der Waals surface area contributed by atoms with Gasteiger partial charge in [0.25, 0.3) is 0 Å². The van der Waals surface area contributed by atoms with E-state index in [-0.39, 0.29) is 0 Å². The largest absolute Gasteiger partial charge is 0.311 e. The second-order valence-electron chi connectivity index (χ2n) is 8.11. The molecule has 4 atom stereocenters. The van der Waals surface area contributed by atoms with Crippen molar-refractivity contribution in [3.8, 4) is 0 Å². The summed E-state index contributed by atoms with van der Waals surface area (Å²) in [6.45, 7) is 11.8. The van der Waals surface area contributed by atoms with E-state index in [1.165, 1.54) is 43.2 Å². The van der Waals surface area contributed by atoms with Crippen molar-refractivity contribution < 1.29 is 0 Å². The van der Waals surface area contributed by atoms with Crippen LogP contribution in [0.15, 0.2) is 24.3 Å². The lowest BCUT2D eigenvalue weighted by Gasteiger charge is -2.37. The van der Waals surface area contributed by atoms with Crippen LogP contribution in [0.3, 0.4) is 0 Å². The van der Waals surface area contributed by atoms with Gasteiger partial charge in [-0.05, 0) is 61.0 Å². The Morgan fingerprint density at radius 2 is 1.78 bits per heavy atom. The highest BCUT2D eigenvalue weighted by atomic mass is 15.0. The molecule has 1 aliphatic heterocycles. The van der Waals surface area contributed by atoms with Crippen molar-refractivity contribution in [1.82, 2.24) is 5.32 Å². The highest BCUT2D eigenvalue weighted by molar-refractivity contribution is 5.26. The van der Waals surface area contributed by atoms with Crippen LogP contribution < -0.4 is 5.32 Å². The average molecular weight is 316 g/mol. The minimum atomic E-state index is 0.674. The third-order valence-corrected chi connectivity index (χ3v) is 5.93. The Morgan fingerprint density at radius 1 is 1.04 bits per heavy atom. The normalized spacial score (nSPS) is 24.6. The van der Waals surface area contributed by atoms with Crippen LogP contribution in [0.4, 0.5) is 0 Å². The van der Waals surface area contributed by atoms with Gasteiger partial charge in [-0.3, -0.25) is 0 Å². The van der Waals surface area contributed by atoms with Crippen molar-refractivity contribution in [3.63, 3.8) is 0 Å². The number of aryl methyl sites for hydroxylation is 1. The summed E-state index contributed by atoms with van der Waals surface area (Å²) < 4.78 is 0. The summed E-state index contributed by atoms with van der Waals surface area (Å²) in [4.78, 5) is 0. The number of nitrogens with one attached hydrogen (secondary N) is 1. The number of benzene rings is 1. The van der Waals surface area contributed by atoms with Gasteiger partial charge in [-0.15, -0.1) is 0 Å². The van der Waals surface area contributed by atoms with E-state index in [0.29, 0.717) is 5.92 Å². The first kappa shape index (κ1) is 18.5. The van der Waals surface area contributed by atoms with Gasteiger partial charge in [-0.2, -0.15) is 0 Å². The van der Waals surface area contributed by atoms with E-state index in [4.69, 9.17) is 0 Å². The zero-order chi connectivity index (χ0) is 16.8. The topological polar surface area (TPSA) is 12.0 Å². The molecule has 0 bridgehead atoms. The summed E-state index contributed by atoms with van der Waals surface area (Å²) in [5.41, 5.74) is 2.99. The predicted molar refractivity (Wildman–Crippen MR) is 102 cm³/mol. The zero-order valence-electron chi connectivity index (χ0n) is 15.9. The van der Waals surface area contributed by atoms with E-state index in [0.717, 1.165) is 30.3 Å². The van der Waals surface area contributed by atoms with Gasteiger partial charge >= 0.3 is 0 Å². The first-order valence-electron chi connectivity index (χ1n) is 9.86. The van der Waals surface area contributed by atoms with Gasteiger partial charge in [0.15, 0.2) is 0 Å². The Morgan fingerprint density at radius 3 is 2.48 bits per heavy atom. The molecule has 1 aliphatic rings. The van der Waals surface area contributed by atoms with E-state index in [9.17, 15) is 0 Å². The second-order valence-corrected chi connectivity index (χ2v) is 8.11. The van der Waals surface area contributed by atoms with E-state index in [2.05, 4.69) is 64.2 Å². The molecular weight excluding hydrogens is 278 g/mol. The maximum Gasteiger partial charge on any atom is 0.00954 e. The fourth-order valence-electron chi connectivity index (χ4n) is 3.97. The number of hydrogen-bond donors (Lipinski definition) is 1. The molecule has 1 aromatic carbocycles. The maximum atomic E-state index is 3.93. The van der Waals surface area contributed by atoms with Gasteiger partial charge in [-0.25, -0.2) is 0 Å². The van der Waals surface area contributed by atoms with Crippen molar-refractivity contribution in [1.29, 1.82) is 0 Å². The molecule has 23 heavy (non-hydrogen) atoms. The maximum absolute atomic E-state index is 3.93. The first-order chi connectivity index (χ1) is 11.0. The molecule has 0 spiro atoms. The van der Waals surface area contributed by atoms with Crippen LogP contribution in [-0.2, 0) is 6.42 Å². The van der Waals surface area contributed by atoms with Crippen LogP contribution in [0, 0.1) is 11.8 Å². The number of piperidine rings is 1. The molecule has 0 radical (unpaired) electrons. The standard InChI is InChI=1S/C22H37N/c1-6-19-9-7-10-20(15-19)17(4)13-14-18(5)22-12-8-11-21(23-22)16(2)3/h7,9-10,15-18,21-23H,6,8,11-14H2,1-5H3/t17?,18?,21?,22-/m1/s1. The van der Waals surface area contributed by atoms with Crippen LogP contribution in [0.1, 0.15) is 83.8 Å². The Balaban J connectivity index is 1.84. The molecule has 0 aliphatic carbocycles. The monoisotopic (exact) mass is 315 g/mol. The van der Waals surface area contributed by atoms with Crippen molar-refractivity contribution in [2.75, 3.05) is 0 Å². The molecule has 1 saturated heterocycles. The van der Waals surface area contributed by atoms with Gasteiger partial charge in [-0.1, -0.05) is 65.3 Å². The molecule has 130 valence electrons. The van der Waals surface area contributed by atoms with E-state index in [1.807, 2.05) is 0 Å². The van der Waals surface area contributed by atoms with Crippen molar-refractivity contribution in [2.45, 2.75) is 91.1 Å². The molecule has 2 rings (SSSR count). The van der Waals surface area contributed by atoms with Gasteiger partial charge in [0.2, 0.25) is 0 Å². The van der Waals surface area contributed by atoms with Gasteiger partial charge in [0.05, 0.1) is 0 Å². The summed E-state index contributed by atoms with van der Waals surface area (Å²) in [6.07, 6.45) is 7.91. The van der Waals surface area contributed by atoms with Gasteiger partial charge in [0, 0.05) is 12.1 Å². The molecule has 1 heterocycles. The minimum Gasteiger partial charge on any atom is -0.311 e. The number of rotatable bonds is 7. The van der Waals surface area contributed by atoms with E-state index >= 15 is 0 Å². The number of hydrogen-bond acceptors (Lipinski definition) is 1. The molecule has 3 unspecified atom stereocenters. The van der Waals surface area contributed by atoms with Crippen LogP contribution in [0.25, 0.3) is 0 Å². The van der Waals surface area contributed by atoms with Crippen molar-refractivity contribution in [3.05, 3.63) is 35.4 Å². The van der Waals surface area contributed by atoms with Crippen molar-refractivity contribution in [2.24, 2.45) is 11.8 Å². The fraction of sp³-hybridized carbons (Fsp3) is 0.727. The molecule has 1 fully saturated rings. The van der Waals surface area contributed by atoms with Crippen LogP contribution in [0.2, 0.25) is 0 Å². The van der Waals surface area contributed by atoms with E-state index < -0.39 is 0 Å². The first-order valence-corrected chi connectivity index (χ1v) is 9.86. The minimum absolute atomic E-state index is 0.674. The summed E-state index contributed by atoms with van der Waals surface area (Å²) >= 11 is 0. The molecular formula is C22H37N. The average Bonchev–Trinajstić information content (AvgIpc) is 2.59. The quantitative estimate of drug-likeness (QED) is 0.657. The Hall–Kier alpha value is -0.820. The highest BCUT2D eigenvalue weighted by Crippen LogP contribution is 2.28. The lowest BCUT2D eigenvalue weighted by Crippen LogP contribution is -2.47. The Labute approximate surface area is 144 Å². The Bertz CT molecular complexity index is 465. The molecule has 1 N–H and O–H groups in total. The zero-order valence-corrected chi connectivity index (χ0v) is 15.9. The summed E-state index contributed by atoms with van der Waals surface area (Å²) in [5.74, 6) is 2.22. The van der Waals surface area contributed by atoms with Crippen LogP contribution in [-0.4, -0.2) is 12.1 Å². The fourth-order valence-corrected chi connectivity index (χ4v) is 3.97. The SMILES string of the molecule is CCc1cccc(C(C)CCC(C)[C@H]2CCCC(C(C)C)N2)c1. The van der Waals surface area contributed by atoms with Gasteiger partial charge < -0.3 is 5.32 Å². The highest BCUT2D eigenvalue weighted by Gasteiger charge is 2.26. The van der Waals surface area contributed by atoms with Crippen LogP contribution >= 0.6 is 0 Å². The van der Waals surface area contributed by atoms with Crippen molar-refractivity contribution >= 4 is 0 Å². The van der Waals surface area contributed by atoms with Gasteiger partial charge in [0.1, 0.15) is 0 Å². The molecule has 0 amide bonds. The molecule has 0 aromatic heterocycles. The Kier molecular flexibility index (Phi) is 7.14. The van der Waals surface area contributed by atoms with Crippen LogP contribution in [0.5, 0.6) is 0 Å². The predicted octanol–water partition coefficient (Wildman–Crippen LogP) is 5.94.